The highest BCUT2D eigenvalue weighted by molar-refractivity contribution is 7.15. The monoisotopic (exact) mass is 347 g/mol. The van der Waals surface area contributed by atoms with E-state index in [1.807, 2.05) is 6.92 Å². The maximum atomic E-state index is 13.0. The molecule has 2 amide bonds. The van der Waals surface area contributed by atoms with Crippen molar-refractivity contribution in [2.45, 2.75) is 13.8 Å². The van der Waals surface area contributed by atoms with Gasteiger partial charge in [-0.05, 0) is 31.2 Å². The lowest BCUT2D eigenvalue weighted by molar-refractivity contribution is -0.130. The zero-order valence-electron chi connectivity index (χ0n) is 13.6. The van der Waals surface area contributed by atoms with Gasteiger partial charge in [-0.25, -0.2) is 9.37 Å². The smallest absolute Gasteiger partial charge is 0.273 e. The van der Waals surface area contributed by atoms with Gasteiger partial charge in [-0.15, -0.1) is 11.3 Å². The summed E-state index contributed by atoms with van der Waals surface area (Å²) in [5, 5.41) is 0.707. The zero-order chi connectivity index (χ0) is 17.3. The molecule has 126 valence electrons. The van der Waals surface area contributed by atoms with E-state index in [0.717, 1.165) is 10.4 Å². The first-order valence-electron chi connectivity index (χ1n) is 7.74. The molecule has 0 atom stereocenters. The fraction of sp³-hybridized carbons (Fsp3) is 0.353. The predicted molar refractivity (Wildman–Crippen MR) is 90.4 cm³/mol. The number of aromatic nitrogens is 1. The Morgan fingerprint density at radius 3 is 2.25 bits per heavy atom. The van der Waals surface area contributed by atoms with Crippen molar-refractivity contribution in [2.24, 2.45) is 0 Å². The summed E-state index contributed by atoms with van der Waals surface area (Å²) in [6.45, 7) is 5.54. The number of amides is 2. The molecule has 0 N–H and O–H groups in total. The Morgan fingerprint density at radius 1 is 1.08 bits per heavy atom. The lowest BCUT2D eigenvalue weighted by Gasteiger charge is -2.33. The van der Waals surface area contributed by atoms with Crippen molar-refractivity contribution in [3.05, 3.63) is 40.7 Å². The van der Waals surface area contributed by atoms with Gasteiger partial charge in [0.25, 0.3) is 5.91 Å². The molecule has 1 aliphatic heterocycles. The fourth-order valence-electron chi connectivity index (χ4n) is 2.68. The Hall–Kier alpha value is -2.28. The number of rotatable bonds is 2. The summed E-state index contributed by atoms with van der Waals surface area (Å²) in [5.41, 5.74) is 1.24. The number of benzene rings is 1. The Bertz CT molecular complexity index is 765. The van der Waals surface area contributed by atoms with Crippen molar-refractivity contribution in [3.8, 4) is 10.6 Å². The van der Waals surface area contributed by atoms with Crippen LogP contribution in [-0.4, -0.2) is 52.8 Å². The number of piperazine rings is 1. The van der Waals surface area contributed by atoms with E-state index in [1.165, 1.54) is 30.4 Å². The lowest BCUT2D eigenvalue weighted by Crippen LogP contribution is -2.50. The van der Waals surface area contributed by atoms with Gasteiger partial charge in [0.2, 0.25) is 5.91 Å². The quantitative estimate of drug-likeness (QED) is 0.839. The van der Waals surface area contributed by atoms with Gasteiger partial charge in [0.15, 0.2) is 0 Å². The number of carbonyl (C=O) groups excluding carboxylic acids is 2. The normalized spacial score (nSPS) is 14.8. The highest BCUT2D eigenvalue weighted by Gasteiger charge is 2.26. The minimum Gasteiger partial charge on any atom is -0.339 e. The van der Waals surface area contributed by atoms with Crippen LogP contribution in [0, 0.1) is 12.7 Å². The number of hydrogen-bond donors (Lipinski definition) is 0. The van der Waals surface area contributed by atoms with Gasteiger partial charge >= 0.3 is 0 Å². The summed E-state index contributed by atoms with van der Waals surface area (Å²) in [7, 11) is 0. The summed E-state index contributed by atoms with van der Waals surface area (Å²) >= 11 is 1.43. The molecule has 1 saturated heterocycles. The molecule has 5 nitrogen and oxygen atoms in total. The minimum atomic E-state index is -0.299. The van der Waals surface area contributed by atoms with E-state index >= 15 is 0 Å². The van der Waals surface area contributed by atoms with Crippen LogP contribution in [0.1, 0.15) is 22.3 Å². The van der Waals surface area contributed by atoms with Crippen LogP contribution in [0.2, 0.25) is 0 Å². The third kappa shape index (κ3) is 3.31. The van der Waals surface area contributed by atoms with Gasteiger partial charge in [-0.3, -0.25) is 9.59 Å². The van der Waals surface area contributed by atoms with Crippen LogP contribution in [0.15, 0.2) is 24.3 Å². The van der Waals surface area contributed by atoms with Crippen molar-refractivity contribution in [3.63, 3.8) is 0 Å². The molecule has 1 fully saturated rings. The summed E-state index contributed by atoms with van der Waals surface area (Å²) < 4.78 is 13.0. The van der Waals surface area contributed by atoms with Crippen LogP contribution in [-0.2, 0) is 4.79 Å². The predicted octanol–water partition coefficient (Wildman–Crippen LogP) is 2.56. The van der Waals surface area contributed by atoms with Gasteiger partial charge in [0.05, 0.1) is 0 Å². The van der Waals surface area contributed by atoms with Crippen LogP contribution in [0.3, 0.4) is 0 Å². The molecular weight excluding hydrogens is 329 g/mol. The first-order valence-corrected chi connectivity index (χ1v) is 8.55. The maximum absolute atomic E-state index is 13.0. The molecule has 0 unspecified atom stereocenters. The summed E-state index contributed by atoms with van der Waals surface area (Å²) in [6.07, 6.45) is 0. The van der Waals surface area contributed by atoms with Crippen molar-refractivity contribution in [2.75, 3.05) is 26.2 Å². The molecule has 2 aromatic rings. The van der Waals surface area contributed by atoms with E-state index in [-0.39, 0.29) is 17.6 Å². The third-order valence-electron chi connectivity index (χ3n) is 4.10. The second-order valence-electron chi connectivity index (χ2n) is 5.73. The molecule has 0 radical (unpaired) electrons. The van der Waals surface area contributed by atoms with Gasteiger partial charge in [-0.2, -0.15) is 0 Å². The average Bonchev–Trinajstić information content (AvgIpc) is 2.96. The van der Waals surface area contributed by atoms with E-state index < -0.39 is 0 Å². The van der Waals surface area contributed by atoms with Crippen LogP contribution in [0.4, 0.5) is 4.39 Å². The molecule has 1 aromatic heterocycles. The number of carbonyl (C=O) groups is 2. The van der Waals surface area contributed by atoms with Gasteiger partial charge in [-0.1, -0.05) is 0 Å². The SMILES string of the molecule is CC(=O)N1CCN(C(=O)c2nc(-c3ccc(F)cc3)sc2C)CC1. The van der Waals surface area contributed by atoms with E-state index in [4.69, 9.17) is 0 Å². The molecule has 24 heavy (non-hydrogen) atoms. The highest BCUT2D eigenvalue weighted by atomic mass is 32.1. The van der Waals surface area contributed by atoms with Crippen LogP contribution in [0.5, 0.6) is 0 Å². The molecule has 0 bridgehead atoms. The number of thiazole rings is 1. The maximum Gasteiger partial charge on any atom is 0.273 e. The summed E-state index contributed by atoms with van der Waals surface area (Å²) in [6, 6.07) is 6.09. The molecule has 1 aromatic carbocycles. The van der Waals surface area contributed by atoms with Crippen molar-refractivity contribution in [1.82, 2.24) is 14.8 Å². The molecule has 1 aliphatic rings. The fourth-order valence-corrected chi connectivity index (χ4v) is 3.60. The lowest BCUT2D eigenvalue weighted by atomic mass is 10.2. The van der Waals surface area contributed by atoms with Crippen LogP contribution >= 0.6 is 11.3 Å². The Morgan fingerprint density at radius 2 is 1.67 bits per heavy atom. The molecule has 3 rings (SSSR count). The van der Waals surface area contributed by atoms with Crippen molar-refractivity contribution < 1.29 is 14.0 Å². The van der Waals surface area contributed by atoms with Gasteiger partial charge in [0, 0.05) is 43.5 Å². The van der Waals surface area contributed by atoms with E-state index in [1.54, 1.807) is 21.9 Å². The third-order valence-corrected chi connectivity index (χ3v) is 5.12. The Labute approximate surface area is 143 Å². The first kappa shape index (κ1) is 16.6. The van der Waals surface area contributed by atoms with E-state index in [2.05, 4.69) is 4.98 Å². The number of aryl methyl sites for hydroxylation is 1. The molecule has 0 saturated carbocycles. The van der Waals surface area contributed by atoms with E-state index in [0.29, 0.717) is 36.9 Å². The molecule has 0 aliphatic carbocycles. The highest BCUT2D eigenvalue weighted by Crippen LogP contribution is 2.28. The molecule has 0 spiro atoms. The largest absolute Gasteiger partial charge is 0.339 e. The summed E-state index contributed by atoms with van der Waals surface area (Å²) in [5.74, 6) is -0.377. The average molecular weight is 347 g/mol. The van der Waals surface area contributed by atoms with Crippen LogP contribution < -0.4 is 0 Å². The topological polar surface area (TPSA) is 53.5 Å². The standard InChI is InChI=1S/C17H18FN3O2S/c1-11-15(17(23)21-9-7-20(8-10-21)12(2)22)19-16(24-11)13-3-5-14(18)6-4-13/h3-6H,7-10H2,1-2H3. The minimum absolute atomic E-state index is 0.0329. The van der Waals surface area contributed by atoms with E-state index in [9.17, 15) is 14.0 Å². The first-order chi connectivity index (χ1) is 11.5. The Balaban J connectivity index is 1.76. The zero-order valence-corrected chi connectivity index (χ0v) is 14.4. The van der Waals surface area contributed by atoms with Crippen LogP contribution in [0.25, 0.3) is 10.6 Å². The second kappa shape index (κ2) is 6.68. The van der Waals surface area contributed by atoms with Crippen molar-refractivity contribution >= 4 is 23.2 Å². The number of nitrogens with zero attached hydrogens (tertiary/aromatic N) is 3. The molecule has 7 heteroatoms. The van der Waals surface area contributed by atoms with Gasteiger partial charge < -0.3 is 9.80 Å². The van der Waals surface area contributed by atoms with Crippen molar-refractivity contribution in [1.29, 1.82) is 0 Å². The Kier molecular flexibility index (Phi) is 4.62. The number of hydrogen-bond acceptors (Lipinski definition) is 4. The summed E-state index contributed by atoms with van der Waals surface area (Å²) in [4.78, 5) is 32.8. The van der Waals surface area contributed by atoms with Gasteiger partial charge in [0.1, 0.15) is 16.5 Å². The number of halogens is 1. The molecule has 2 heterocycles. The second-order valence-corrected chi connectivity index (χ2v) is 6.93. The molecular formula is C17H18FN3O2S.